The molecule has 0 bridgehead atoms. The van der Waals surface area contributed by atoms with Crippen molar-refractivity contribution in [2.24, 2.45) is 0 Å². The highest BCUT2D eigenvalue weighted by Crippen LogP contribution is 2.33. The highest BCUT2D eigenvalue weighted by molar-refractivity contribution is 7.80. The summed E-state index contributed by atoms with van der Waals surface area (Å²) in [6.45, 7) is 0. The van der Waals surface area contributed by atoms with Crippen molar-refractivity contribution in [3.8, 4) is 0 Å². The fourth-order valence-corrected chi connectivity index (χ4v) is 4.26. The summed E-state index contributed by atoms with van der Waals surface area (Å²) in [5.41, 5.74) is 1.11. The maximum absolute atomic E-state index is 12.9. The molecule has 3 rings (SSSR count). The van der Waals surface area contributed by atoms with Crippen molar-refractivity contribution in [3.63, 3.8) is 0 Å². The van der Waals surface area contributed by atoms with Crippen LogP contribution in [0.5, 0.6) is 0 Å². The van der Waals surface area contributed by atoms with E-state index in [1.54, 1.807) is 0 Å². The van der Waals surface area contributed by atoms with Crippen LogP contribution in [0.3, 0.4) is 0 Å². The molecule has 2 aliphatic rings. The van der Waals surface area contributed by atoms with E-state index in [0.29, 0.717) is 12.8 Å². The van der Waals surface area contributed by atoms with E-state index in [0.717, 1.165) is 36.1 Å². The molecule has 140 valence electrons. The van der Waals surface area contributed by atoms with Gasteiger partial charge in [0.05, 0.1) is 11.8 Å². The molecule has 7 heteroatoms. The van der Waals surface area contributed by atoms with Gasteiger partial charge in [0.2, 0.25) is 0 Å². The first kappa shape index (κ1) is 18.8. The third-order valence-electron chi connectivity index (χ3n) is 5.20. The normalized spacial score (nSPS) is 22.3. The number of urea groups is 1. The van der Waals surface area contributed by atoms with Crippen LogP contribution in [-0.4, -0.2) is 50.3 Å². The second kappa shape index (κ2) is 8.12. The Hall–Kier alpha value is -2.02. The molecular formula is C19H24N2O4S. The van der Waals surface area contributed by atoms with Gasteiger partial charge in [-0.3, -0.25) is 9.59 Å². The first-order valence-electron chi connectivity index (χ1n) is 9.08. The largest absolute Gasteiger partial charge is 0.481 e. The zero-order chi connectivity index (χ0) is 18.7. The summed E-state index contributed by atoms with van der Waals surface area (Å²) in [5.74, 6) is -1.50. The van der Waals surface area contributed by atoms with Crippen LogP contribution in [0.2, 0.25) is 0 Å². The lowest BCUT2D eigenvalue weighted by Gasteiger charge is -2.28. The summed E-state index contributed by atoms with van der Waals surface area (Å²) in [4.78, 5) is 39.7. The Morgan fingerprint density at radius 1 is 1.19 bits per heavy atom. The van der Waals surface area contributed by atoms with Gasteiger partial charge in [-0.25, -0.2) is 9.69 Å². The van der Waals surface area contributed by atoms with Crippen LogP contribution >= 0.6 is 12.6 Å². The topological polar surface area (TPSA) is 77.9 Å². The minimum absolute atomic E-state index is 0.0459. The third-order valence-corrected chi connectivity index (χ3v) is 5.69. The van der Waals surface area contributed by atoms with E-state index < -0.39 is 23.3 Å². The van der Waals surface area contributed by atoms with Crippen LogP contribution in [0.25, 0.3) is 0 Å². The average molecular weight is 376 g/mol. The van der Waals surface area contributed by atoms with Crippen LogP contribution < -0.4 is 0 Å². The molecule has 1 N–H and O–H groups in total. The molecule has 3 amide bonds. The lowest BCUT2D eigenvalue weighted by Crippen LogP contribution is -2.43. The van der Waals surface area contributed by atoms with Crippen molar-refractivity contribution in [1.82, 2.24) is 9.80 Å². The molecule has 2 atom stereocenters. The number of carboxylic acids is 1. The molecule has 1 saturated carbocycles. The molecule has 2 fully saturated rings. The Morgan fingerprint density at radius 2 is 1.85 bits per heavy atom. The first-order chi connectivity index (χ1) is 12.5. The molecule has 1 aliphatic heterocycles. The second-order valence-electron chi connectivity index (χ2n) is 6.95. The van der Waals surface area contributed by atoms with Gasteiger partial charge in [0.1, 0.15) is 6.04 Å². The number of carbonyl (C=O) groups excluding carboxylic acids is 2. The number of imide groups is 1. The number of carboxylic acid groups (broad SMARTS) is 1. The predicted molar refractivity (Wildman–Crippen MR) is 99.9 cm³/mol. The zero-order valence-corrected chi connectivity index (χ0v) is 15.5. The molecule has 1 saturated heterocycles. The lowest BCUT2D eigenvalue weighted by molar-refractivity contribution is -0.141. The van der Waals surface area contributed by atoms with Crippen molar-refractivity contribution in [1.29, 1.82) is 0 Å². The maximum Gasteiger partial charge on any atom is 0.328 e. The number of amides is 3. The van der Waals surface area contributed by atoms with Crippen LogP contribution in [0.1, 0.15) is 44.1 Å². The molecule has 0 spiro atoms. The van der Waals surface area contributed by atoms with Crippen LogP contribution in [-0.2, 0) is 16.0 Å². The summed E-state index contributed by atoms with van der Waals surface area (Å²) in [7, 11) is 0. The van der Waals surface area contributed by atoms with Crippen molar-refractivity contribution in [2.75, 3.05) is 0 Å². The van der Waals surface area contributed by atoms with Gasteiger partial charge in [0, 0.05) is 6.04 Å². The van der Waals surface area contributed by atoms with Gasteiger partial charge in [-0.1, -0.05) is 43.2 Å². The predicted octanol–water partition coefficient (Wildman–Crippen LogP) is 2.93. The SMILES string of the molecule is O=C(O)CC1C(=O)N(C(S)CCc2ccccc2)C(=O)N1C1CCCC1. The fraction of sp³-hybridized carbons (Fsp3) is 0.526. The molecule has 1 heterocycles. The van der Waals surface area contributed by atoms with Crippen LogP contribution in [0, 0.1) is 0 Å². The number of rotatable bonds is 7. The Labute approximate surface area is 158 Å². The molecule has 1 aromatic rings. The van der Waals surface area contributed by atoms with Gasteiger partial charge in [-0.2, -0.15) is 12.6 Å². The fourth-order valence-electron chi connectivity index (χ4n) is 3.92. The molecule has 0 aromatic heterocycles. The number of thiol groups is 1. The quantitative estimate of drug-likeness (QED) is 0.567. The smallest absolute Gasteiger partial charge is 0.328 e. The van der Waals surface area contributed by atoms with Crippen molar-refractivity contribution in [2.45, 2.75) is 62.4 Å². The van der Waals surface area contributed by atoms with Crippen LogP contribution in [0.4, 0.5) is 4.79 Å². The molecule has 0 radical (unpaired) electrons. The summed E-state index contributed by atoms with van der Waals surface area (Å²) in [5, 5.41) is 8.63. The lowest BCUT2D eigenvalue weighted by atomic mass is 10.1. The van der Waals surface area contributed by atoms with Gasteiger partial charge in [-0.05, 0) is 31.2 Å². The number of nitrogens with zero attached hydrogens (tertiary/aromatic N) is 2. The van der Waals surface area contributed by atoms with Gasteiger partial charge in [0.15, 0.2) is 0 Å². The standard InChI is InChI=1S/C19H24N2O4S/c22-17(23)12-15-18(24)21(19(25)20(15)14-8-4-5-9-14)16(26)11-10-13-6-2-1-3-7-13/h1-3,6-7,14-16,26H,4-5,8-12H2,(H,22,23). The highest BCUT2D eigenvalue weighted by Gasteiger charge is 2.50. The summed E-state index contributed by atoms with van der Waals surface area (Å²) >= 11 is 4.50. The average Bonchev–Trinajstić information content (AvgIpc) is 3.21. The molecular weight excluding hydrogens is 352 g/mol. The maximum atomic E-state index is 12.9. The first-order valence-corrected chi connectivity index (χ1v) is 9.60. The van der Waals surface area contributed by atoms with E-state index in [2.05, 4.69) is 12.6 Å². The van der Waals surface area contributed by atoms with E-state index in [4.69, 9.17) is 0 Å². The molecule has 2 unspecified atom stereocenters. The van der Waals surface area contributed by atoms with Crippen molar-refractivity contribution < 1.29 is 19.5 Å². The number of benzene rings is 1. The van der Waals surface area contributed by atoms with Gasteiger partial charge >= 0.3 is 12.0 Å². The number of hydrogen-bond donors (Lipinski definition) is 2. The van der Waals surface area contributed by atoms with E-state index in [1.807, 2.05) is 30.3 Å². The van der Waals surface area contributed by atoms with E-state index in [9.17, 15) is 19.5 Å². The molecule has 1 aliphatic carbocycles. The molecule has 26 heavy (non-hydrogen) atoms. The number of carbonyl (C=O) groups is 3. The minimum Gasteiger partial charge on any atom is -0.481 e. The summed E-state index contributed by atoms with van der Waals surface area (Å²) < 4.78 is 0. The Kier molecular flexibility index (Phi) is 5.86. The van der Waals surface area contributed by atoms with E-state index >= 15 is 0 Å². The van der Waals surface area contributed by atoms with Crippen molar-refractivity contribution in [3.05, 3.63) is 35.9 Å². The van der Waals surface area contributed by atoms with Gasteiger partial charge in [-0.15, -0.1) is 0 Å². The summed E-state index contributed by atoms with van der Waals surface area (Å²) in [6, 6.07) is 8.47. The second-order valence-corrected chi connectivity index (χ2v) is 7.55. The minimum atomic E-state index is -1.07. The molecule has 1 aromatic carbocycles. The van der Waals surface area contributed by atoms with Crippen molar-refractivity contribution >= 4 is 30.5 Å². The molecule has 6 nitrogen and oxygen atoms in total. The Balaban J connectivity index is 1.74. The monoisotopic (exact) mass is 376 g/mol. The van der Waals surface area contributed by atoms with Gasteiger partial charge < -0.3 is 10.0 Å². The number of hydrogen-bond acceptors (Lipinski definition) is 4. The number of aliphatic carboxylic acids is 1. The highest BCUT2D eigenvalue weighted by atomic mass is 32.1. The summed E-state index contributed by atoms with van der Waals surface area (Å²) in [6.07, 6.45) is 4.52. The Bertz CT molecular complexity index is 675. The third kappa shape index (κ3) is 3.87. The Morgan fingerprint density at radius 3 is 2.46 bits per heavy atom. The van der Waals surface area contributed by atoms with E-state index in [1.165, 1.54) is 4.90 Å². The zero-order valence-electron chi connectivity index (χ0n) is 14.6. The number of aryl methyl sites for hydroxylation is 1. The van der Waals surface area contributed by atoms with Gasteiger partial charge in [0.25, 0.3) is 5.91 Å². The van der Waals surface area contributed by atoms with Crippen LogP contribution in [0.15, 0.2) is 30.3 Å². The van der Waals surface area contributed by atoms with E-state index in [-0.39, 0.29) is 18.5 Å².